The Kier molecular flexibility index (Phi) is 6.50. The summed E-state index contributed by atoms with van der Waals surface area (Å²) in [4.78, 5) is 25.6. The Morgan fingerprint density at radius 3 is 2.08 bits per heavy atom. The van der Waals surface area contributed by atoms with Crippen LogP contribution in [0.5, 0.6) is 0 Å². The average molecular weight is 359 g/mol. The number of nitrogens with one attached hydrogen (secondary N) is 2. The first-order valence-corrected chi connectivity index (χ1v) is 9.66. The number of nitrogens with zero attached hydrogens (tertiary/aromatic N) is 1. The predicted molar refractivity (Wildman–Crippen MR) is 99.8 cm³/mol. The van der Waals surface area contributed by atoms with Crippen LogP contribution in [0, 0.1) is 5.92 Å². The highest BCUT2D eigenvalue weighted by Gasteiger charge is 2.27. The molecule has 26 heavy (non-hydrogen) atoms. The molecule has 1 saturated carbocycles. The van der Waals surface area contributed by atoms with Crippen molar-refractivity contribution >= 4 is 12.0 Å². The van der Waals surface area contributed by atoms with Crippen LogP contribution >= 0.6 is 0 Å². The molecule has 1 heterocycles. The molecule has 1 aliphatic heterocycles. The number of carboxylic acid groups (broad SMARTS) is 1. The minimum atomic E-state index is -0.713. The van der Waals surface area contributed by atoms with E-state index in [1.165, 1.54) is 5.56 Å². The van der Waals surface area contributed by atoms with Crippen molar-refractivity contribution in [2.45, 2.75) is 57.2 Å². The van der Waals surface area contributed by atoms with Crippen molar-refractivity contribution in [3.63, 3.8) is 0 Å². The first kappa shape index (κ1) is 18.7. The van der Waals surface area contributed by atoms with E-state index in [-0.39, 0.29) is 24.0 Å². The molecule has 0 unspecified atom stereocenters. The van der Waals surface area contributed by atoms with Crippen LogP contribution in [0.25, 0.3) is 0 Å². The molecule has 2 amide bonds. The Balaban J connectivity index is 1.34. The quantitative estimate of drug-likeness (QED) is 0.755. The van der Waals surface area contributed by atoms with Crippen LogP contribution < -0.4 is 10.6 Å². The highest BCUT2D eigenvalue weighted by atomic mass is 16.4. The second kappa shape index (κ2) is 9.03. The Hall–Kier alpha value is -2.08. The number of aliphatic carboxylic acids is 1. The summed E-state index contributed by atoms with van der Waals surface area (Å²) in [6.07, 6.45) is 4.73. The van der Waals surface area contributed by atoms with Crippen molar-refractivity contribution in [3.8, 4) is 0 Å². The molecule has 0 bridgehead atoms. The number of carboxylic acids is 1. The summed E-state index contributed by atoms with van der Waals surface area (Å²) in [5.74, 6) is -0.958. The zero-order valence-corrected chi connectivity index (χ0v) is 15.2. The maximum absolute atomic E-state index is 12.2. The normalized spacial score (nSPS) is 24.8. The molecular formula is C20H29N3O3. The number of hydrogen-bond acceptors (Lipinski definition) is 3. The van der Waals surface area contributed by atoms with E-state index in [0.717, 1.165) is 45.3 Å². The van der Waals surface area contributed by atoms with Crippen molar-refractivity contribution in [1.82, 2.24) is 15.5 Å². The molecule has 1 aliphatic carbocycles. The van der Waals surface area contributed by atoms with E-state index in [1.54, 1.807) is 0 Å². The average Bonchev–Trinajstić information content (AvgIpc) is 2.64. The third-order valence-electron chi connectivity index (χ3n) is 5.58. The number of carbonyl (C=O) groups is 2. The van der Waals surface area contributed by atoms with Crippen molar-refractivity contribution in [2.75, 3.05) is 13.1 Å². The molecule has 3 rings (SSSR count). The maximum Gasteiger partial charge on any atom is 0.315 e. The molecular weight excluding hydrogens is 330 g/mol. The van der Waals surface area contributed by atoms with Crippen LogP contribution in [-0.4, -0.2) is 47.2 Å². The van der Waals surface area contributed by atoms with E-state index in [2.05, 4.69) is 39.8 Å². The van der Waals surface area contributed by atoms with Gasteiger partial charge in [-0.05, 0) is 44.1 Å². The van der Waals surface area contributed by atoms with E-state index < -0.39 is 5.97 Å². The smallest absolute Gasteiger partial charge is 0.315 e. The van der Waals surface area contributed by atoms with E-state index in [1.807, 2.05) is 6.07 Å². The second-order valence-corrected chi connectivity index (χ2v) is 7.54. The van der Waals surface area contributed by atoms with Gasteiger partial charge in [0, 0.05) is 31.7 Å². The zero-order chi connectivity index (χ0) is 18.4. The maximum atomic E-state index is 12.2. The molecule has 0 atom stereocenters. The third kappa shape index (κ3) is 5.46. The molecule has 1 saturated heterocycles. The summed E-state index contributed by atoms with van der Waals surface area (Å²) >= 11 is 0. The number of carbonyl (C=O) groups excluding carboxylic acids is 1. The Labute approximate surface area is 155 Å². The van der Waals surface area contributed by atoms with Gasteiger partial charge in [-0.2, -0.15) is 0 Å². The number of amides is 2. The van der Waals surface area contributed by atoms with Gasteiger partial charge < -0.3 is 15.7 Å². The van der Waals surface area contributed by atoms with Crippen LogP contribution in [0.15, 0.2) is 30.3 Å². The lowest BCUT2D eigenvalue weighted by atomic mass is 9.86. The number of rotatable bonds is 5. The summed E-state index contributed by atoms with van der Waals surface area (Å²) in [6, 6.07) is 10.7. The monoisotopic (exact) mass is 359 g/mol. The van der Waals surface area contributed by atoms with E-state index in [0.29, 0.717) is 12.8 Å². The van der Waals surface area contributed by atoms with Gasteiger partial charge in [0.15, 0.2) is 0 Å². The van der Waals surface area contributed by atoms with Crippen molar-refractivity contribution < 1.29 is 14.7 Å². The van der Waals surface area contributed by atoms with Gasteiger partial charge in [-0.25, -0.2) is 4.79 Å². The largest absolute Gasteiger partial charge is 0.481 e. The lowest BCUT2D eigenvalue weighted by Gasteiger charge is -2.33. The lowest BCUT2D eigenvalue weighted by Crippen LogP contribution is -2.50. The topological polar surface area (TPSA) is 81.7 Å². The van der Waals surface area contributed by atoms with Gasteiger partial charge in [0.25, 0.3) is 0 Å². The number of hydrogen-bond donors (Lipinski definition) is 3. The van der Waals surface area contributed by atoms with Crippen molar-refractivity contribution in [2.24, 2.45) is 5.92 Å². The van der Waals surface area contributed by atoms with Gasteiger partial charge in [-0.1, -0.05) is 30.3 Å². The molecule has 142 valence electrons. The van der Waals surface area contributed by atoms with Crippen molar-refractivity contribution in [1.29, 1.82) is 0 Å². The third-order valence-corrected chi connectivity index (χ3v) is 5.58. The predicted octanol–water partition coefficient (Wildman–Crippen LogP) is 2.59. The summed E-state index contributed by atoms with van der Waals surface area (Å²) < 4.78 is 0. The van der Waals surface area contributed by atoms with E-state index in [4.69, 9.17) is 5.11 Å². The molecule has 6 nitrogen and oxygen atoms in total. The summed E-state index contributed by atoms with van der Waals surface area (Å²) in [6.45, 7) is 2.94. The molecule has 1 aromatic rings. The summed E-state index contributed by atoms with van der Waals surface area (Å²) in [5, 5.41) is 15.1. The minimum Gasteiger partial charge on any atom is -0.481 e. The molecule has 3 N–H and O–H groups in total. The van der Waals surface area contributed by atoms with Gasteiger partial charge in [0.2, 0.25) is 0 Å². The SMILES string of the molecule is O=C(NC1CCC(C(=O)O)CC1)NC1CCN(Cc2ccccc2)CC1. The van der Waals surface area contributed by atoms with Gasteiger partial charge in [0.1, 0.15) is 0 Å². The van der Waals surface area contributed by atoms with Crippen molar-refractivity contribution in [3.05, 3.63) is 35.9 Å². The summed E-state index contributed by atoms with van der Waals surface area (Å²) in [7, 11) is 0. The van der Waals surface area contributed by atoms with E-state index in [9.17, 15) is 9.59 Å². The molecule has 2 fully saturated rings. The van der Waals surface area contributed by atoms with Gasteiger partial charge in [0.05, 0.1) is 5.92 Å². The number of benzene rings is 1. The molecule has 2 aliphatic rings. The number of urea groups is 1. The Morgan fingerprint density at radius 1 is 0.923 bits per heavy atom. The fourth-order valence-electron chi connectivity index (χ4n) is 3.97. The lowest BCUT2D eigenvalue weighted by molar-refractivity contribution is -0.142. The molecule has 0 radical (unpaired) electrons. The Morgan fingerprint density at radius 2 is 1.50 bits per heavy atom. The number of likely N-dealkylation sites (tertiary alicyclic amines) is 1. The first-order valence-electron chi connectivity index (χ1n) is 9.66. The van der Waals surface area contributed by atoms with Gasteiger partial charge in [-0.15, -0.1) is 0 Å². The highest BCUT2D eigenvalue weighted by molar-refractivity contribution is 5.74. The second-order valence-electron chi connectivity index (χ2n) is 7.54. The molecule has 0 spiro atoms. The van der Waals surface area contributed by atoms with Gasteiger partial charge >= 0.3 is 12.0 Å². The molecule has 1 aromatic carbocycles. The fourth-order valence-corrected chi connectivity index (χ4v) is 3.97. The van der Waals surface area contributed by atoms with E-state index >= 15 is 0 Å². The Bertz CT molecular complexity index is 592. The molecule has 0 aromatic heterocycles. The fraction of sp³-hybridized carbons (Fsp3) is 0.600. The molecule has 6 heteroatoms. The minimum absolute atomic E-state index is 0.101. The number of piperidine rings is 1. The van der Waals surface area contributed by atoms with Crippen LogP contribution in [0.3, 0.4) is 0 Å². The van der Waals surface area contributed by atoms with Crippen LogP contribution in [0.2, 0.25) is 0 Å². The standard InChI is InChI=1S/C20H29N3O3/c24-19(25)16-6-8-17(9-7-16)21-20(26)22-18-10-12-23(13-11-18)14-15-4-2-1-3-5-15/h1-5,16-18H,6-14H2,(H,24,25)(H2,21,22,26). The van der Waals surface area contributed by atoms with Crippen LogP contribution in [0.1, 0.15) is 44.1 Å². The first-order chi connectivity index (χ1) is 12.6. The highest BCUT2D eigenvalue weighted by Crippen LogP contribution is 2.24. The van der Waals surface area contributed by atoms with Gasteiger partial charge in [-0.3, -0.25) is 9.69 Å². The zero-order valence-electron chi connectivity index (χ0n) is 15.2. The van der Waals surface area contributed by atoms with Crippen LogP contribution in [-0.2, 0) is 11.3 Å². The van der Waals surface area contributed by atoms with Crippen LogP contribution in [0.4, 0.5) is 4.79 Å². The summed E-state index contributed by atoms with van der Waals surface area (Å²) in [5.41, 5.74) is 1.33.